The standard InChI is InChI=1S/C14H10N2O2/c15-16-13(14(17)18)12-8-6-11(7-9-12)10-4-2-1-3-5-10/h1-9H,(H,17,18). The highest BCUT2D eigenvalue weighted by Crippen LogP contribution is 2.19. The third kappa shape index (κ3) is 2.34. The van der Waals surface area contributed by atoms with Gasteiger partial charge in [0.25, 0.3) is 0 Å². The van der Waals surface area contributed by atoms with E-state index in [2.05, 4.69) is 4.79 Å². The molecular formula is C14H10N2O2. The van der Waals surface area contributed by atoms with Gasteiger partial charge in [-0.05, 0) is 23.3 Å². The van der Waals surface area contributed by atoms with Crippen LogP contribution in [0.25, 0.3) is 16.7 Å². The summed E-state index contributed by atoms with van der Waals surface area (Å²) in [7, 11) is 0. The summed E-state index contributed by atoms with van der Waals surface area (Å²) < 4.78 is 0. The Morgan fingerprint density at radius 1 is 0.944 bits per heavy atom. The van der Waals surface area contributed by atoms with Crippen molar-refractivity contribution in [2.75, 3.05) is 0 Å². The molecule has 0 radical (unpaired) electrons. The van der Waals surface area contributed by atoms with E-state index in [1.807, 2.05) is 30.3 Å². The van der Waals surface area contributed by atoms with Crippen LogP contribution in [-0.2, 0) is 4.79 Å². The predicted octanol–water partition coefficient (Wildman–Crippen LogP) is 2.46. The highest BCUT2D eigenvalue weighted by molar-refractivity contribution is 6.40. The molecule has 0 bridgehead atoms. The summed E-state index contributed by atoms with van der Waals surface area (Å²) in [4.78, 5) is 13.6. The number of carbonyl (C=O) groups is 1. The topological polar surface area (TPSA) is 73.7 Å². The van der Waals surface area contributed by atoms with Gasteiger partial charge in [-0.3, -0.25) is 0 Å². The smallest absolute Gasteiger partial charge is 0.419 e. The summed E-state index contributed by atoms with van der Waals surface area (Å²) in [5, 5.41) is 8.82. The van der Waals surface area contributed by atoms with E-state index in [1.165, 1.54) is 0 Å². The van der Waals surface area contributed by atoms with Gasteiger partial charge in [0.2, 0.25) is 0 Å². The molecule has 18 heavy (non-hydrogen) atoms. The summed E-state index contributed by atoms with van der Waals surface area (Å²) in [6.07, 6.45) is 0. The molecule has 4 nitrogen and oxygen atoms in total. The van der Waals surface area contributed by atoms with Crippen LogP contribution >= 0.6 is 0 Å². The van der Waals surface area contributed by atoms with E-state index in [0.717, 1.165) is 11.1 Å². The van der Waals surface area contributed by atoms with Crippen molar-refractivity contribution in [2.24, 2.45) is 0 Å². The van der Waals surface area contributed by atoms with Crippen molar-refractivity contribution in [1.82, 2.24) is 0 Å². The summed E-state index contributed by atoms with van der Waals surface area (Å²) in [6.45, 7) is 0. The third-order valence-electron chi connectivity index (χ3n) is 2.57. The van der Waals surface area contributed by atoms with Gasteiger partial charge in [-0.25, -0.2) is 4.79 Å². The summed E-state index contributed by atoms with van der Waals surface area (Å²) in [5.41, 5.74) is 10.7. The highest BCUT2D eigenvalue weighted by atomic mass is 16.4. The maximum absolute atomic E-state index is 10.8. The summed E-state index contributed by atoms with van der Waals surface area (Å²) in [5.74, 6) is -1.26. The SMILES string of the molecule is [N-]=[N+]=C(C(=O)O)c1ccc(-c2ccccc2)cc1. The Bertz CT molecular complexity index is 612. The fraction of sp³-hybridized carbons (Fsp3) is 0. The largest absolute Gasteiger partial charge is 0.472 e. The Labute approximate surface area is 104 Å². The molecule has 0 aliphatic heterocycles. The van der Waals surface area contributed by atoms with Crippen LogP contribution in [0.3, 0.4) is 0 Å². The van der Waals surface area contributed by atoms with E-state index in [-0.39, 0.29) is 5.71 Å². The first kappa shape index (κ1) is 11.8. The van der Waals surface area contributed by atoms with Gasteiger partial charge in [0.05, 0.1) is 5.56 Å². The second kappa shape index (κ2) is 5.08. The Morgan fingerprint density at radius 2 is 1.50 bits per heavy atom. The maximum atomic E-state index is 10.8. The minimum atomic E-state index is -1.26. The molecule has 4 heteroatoms. The van der Waals surface area contributed by atoms with Gasteiger partial charge in [-0.2, -0.15) is 4.79 Å². The van der Waals surface area contributed by atoms with E-state index in [0.29, 0.717) is 5.56 Å². The van der Waals surface area contributed by atoms with E-state index < -0.39 is 5.97 Å². The van der Waals surface area contributed by atoms with Crippen LogP contribution in [0.5, 0.6) is 0 Å². The van der Waals surface area contributed by atoms with E-state index in [4.69, 9.17) is 10.6 Å². The fourth-order valence-corrected chi connectivity index (χ4v) is 1.68. The average molecular weight is 238 g/mol. The lowest BCUT2D eigenvalue weighted by Gasteiger charge is -2.01. The van der Waals surface area contributed by atoms with Gasteiger partial charge in [-0.1, -0.05) is 42.5 Å². The van der Waals surface area contributed by atoms with E-state index >= 15 is 0 Å². The van der Waals surface area contributed by atoms with Crippen LogP contribution in [0.2, 0.25) is 0 Å². The second-order valence-corrected chi connectivity index (χ2v) is 3.70. The minimum absolute atomic E-state index is 0.365. The Hall–Kier alpha value is -2.71. The maximum Gasteiger partial charge on any atom is 0.419 e. The van der Waals surface area contributed by atoms with Crippen molar-refractivity contribution < 1.29 is 14.7 Å². The molecule has 0 amide bonds. The van der Waals surface area contributed by atoms with Crippen molar-refractivity contribution in [3.63, 3.8) is 0 Å². The first-order valence-corrected chi connectivity index (χ1v) is 5.33. The highest BCUT2D eigenvalue weighted by Gasteiger charge is 2.21. The molecule has 0 saturated heterocycles. The van der Waals surface area contributed by atoms with Crippen molar-refractivity contribution in [1.29, 1.82) is 0 Å². The van der Waals surface area contributed by atoms with Crippen LogP contribution in [0.1, 0.15) is 5.56 Å². The van der Waals surface area contributed by atoms with Crippen molar-refractivity contribution in [3.05, 3.63) is 65.7 Å². The monoisotopic (exact) mass is 238 g/mol. The van der Waals surface area contributed by atoms with Crippen LogP contribution in [0.15, 0.2) is 54.6 Å². The molecule has 0 unspecified atom stereocenters. The lowest BCUT2D eigenvalue weighted by Crippen LogP contribution is -2.15. The number of nitrogens with zero attached hydrogens (tertiary/aromatic N) is 2. The zero-order valence-electron chi connectivity index (χ0n) is 9.45. The van der Waals surface area contributed by atoms with Gasteiger partial charge in [0.15, 0.2) is 0 Å². The van der Waals surface area contributed by atoms with Crippen LogP contribution < -0.4 is 0 Å². The Balaban J connectivity index is 2.37. The first-order chi connectivity index (χ1) is 8.72. The summed E-state index contributed by atoms with van der Waals surface area (Å²) >= 11 is 0. The zero-order chi connectivity index (χ0) is 13.0. The van der Waals surface area contributed by atoms with Gasteiger partial charge in [0.1, 0.15) is 0 Å². The molecule has 1 N–H and O–H groups in total. The number of hydrogen-bond acceptors (Lipinski definition) is 1. The lowest BCUT2D eigenvalue weighted by molar-refractivity contribution is -0.133. The quantitative estimate of drug-likeness (QED) is 0.506. The summed E-state index contributed by atoms with van der Waals surface area (Å²) in [6, 6.07) is 16.5. The van der Waals surface area contributed by atoms with Crippen LogP contribution in [-0.4, -0.2) is 21.6 Å². The molecular weight excluding hydrogens is 228 g/mol. The molecule has 2 aromatic carbocycles. The minimum Gasteiger partial charge on any atom is -0.472 e. The molecule has 0 aliphatic carbocycles. The zero-order valence-corrected chi connectivity index (χ0v) is 9.45. The number of carboxylic acid groups (broad SMARTS) is 1. The average Bonchev–Trinajstić information content (AvgIpc) is 2.41. The molecule has 0 spiro atoms. The number of rotatable bonds is 3. The van der Waals surface area contributed by atoms with Gasteiger partial charge in [-0.15, -0.1) is 0 Å². The second-order valence-electron chi connectivity index (χ2n) is 3.70. The fourth-order valence-electron chi connectivity index (χ4n) is 1.68. The lowest BCUT2D eigenvalue weighted by atomic mass is 10.0. The molecule has 0 atom stereocenters. The number of benzene rings is 2. The van der Waals surface area contributed by atoms with E-state index in [1.54, 1.807) is 24.3 Å². The van der Waals surface area contributed by atoms with Gasteiger partial charge >= 0.3 is 11.7 Å². The number of aliphatic carboxylic acids is 1. The first-order valence-electron chi connectivity index (χ1n) is 5.33. The Morgan fingerprint density at radius 3 is 2.00 bits per heavy atom. The molecule has 2 rings (SSSR count). The van der Waals surface area contributed by atoms with Gasteiger partial charge < -0.3 is 10.6 Å². The molecule has 0 saturated carbocycles. The van der Waals surface area contributed by atoms with Crippen LogP contribution in [0, 0.1) is 0 Å². The van der Waals surface area contributed by atoms with Crippen LogP contribution in [0.4, 0.5) is 0 Å². The Kier molecular flexibility index (Phi) is 3.32. The van der Waals surface area contributed by atoms with Crippen molar-refractivity contribution in [2.45, 2.75) is 0 Å². The molecule has 2 aromatic rings. The molecule has 0 aromatic heterocycles. The molecule has 0 fully saturated rings. The molecule has 88 valence electrons. The normalized spacial score (nSPS) is 9.56. The van der Waals surface area contributed by atoms with E-state index in [9.17, 15) is 4.79 Å². The van der Waals surface area contributed by atoms with Gasteiger partial charge in [0, 0.05) is 0 Å². The van der Waals surface area contributed by atoms with Crippen molar-refractivity contribution in [3.8, 4) is 11.1 Å². The third-order valence-corrected chi connectivity index (χ3v) is 2.57. The molecule has 0 heterocycles. The van der Waals surface area contributed by atoms with Crippen molar-refractivity contribution >= 4 is 11.7 Å². The predicted molar refractivity (Wildman–Crippen MR) is 67.2 cm³/mol. The number of hydrogen-bond donors (Lipinski definition) is 1. The molecule has 0 aliphatic rings. The number of carboxylic acids is 1.